The van der Waals surface area contributed by atoms with Gasteiger partial charge in [0.1, 0.15) is 35.8 Å². The molecule has 1 aromatic carbocycles. The third kappa shape index (κ3) is 4.72. The van der Waals surface area contributed by atoms with Crippen LogP contribution in [0.3, 0.4) is 0 Å². The van der Waals surface area contributed by atoms with Crippen LogP contribution in [0.1, 0.15) is 0 Å². The Balaban J connectivity index is 1.82. The number of aliphatic hydroxyl groups excluding tert-OH is 5. The fourth-order valence-corrected chi connectivity index (χ4v) is 3.38. The molecule has 2 saturated heterocycles. The quantitative estimate of drug-likeness (QED) is 0.244. The van der Waals surface area contributed by atoms with Crippen molar-refractivity contribution in [2.45, 2.75) is 48.7 Å². The van der Waals surface area contributed by atoms with Crippen LogP contribution in [0.25, 0.3) is 0 Å². The Kier molecular flexibility index (Phi) is 7.57. The summed E-state index contributed by atoms with van der Waals surface area (Å²) in [4.78, 5) is 0. The molecule has 2 aliphatic rings. The van der Waals surface area contributed by atoms with E-state index in [1.165, 1.54) is 20.3 Å². The average Bonchev–Trinajstić information content (AvgIpc) is 3.07. The lowest BCUT2D eigenvalue weighted by Gasteiger charge is -2.42. The number of aliphatic hydroxyl groups is 6. The lowest BCUT2D eigenvalue weighted by Crippen LogP contribution is -2.62. The van der Waals surface area contributed by atoms with E-state index in [1.54, 1.807) is 12.1 Å². The van der Waals surface area contributed by atoms with Gasteiger partial charge in [-0.2, -0.15) is 0 Å². The lowest BCUT2D eigenvalue weighted by molar-refractivity contribution is -0.318. The molecule has 1 aromatic rings. The third-order valence-corrected chi connectivity index (χ3v) is 5.30. The molecule has 12 heteroatoms. The Morgan fingerprint density at radius 2 is 1.74 bits per heavy atom. The van der Waals surface area contributed by atoms with Crippen molar-refractivity contribution in [3.63, 3.8) is 0 Å². The van der Waals surface area contributed by atoms with Gasteiger partial charge in [0.05, 0.1) is 34.0 Å². The molecule has 2 heterocycles. The van der Waals surface area contributed by atoms with Crippen molar-refractivity contribution in [2.75, 3.05) is 34.0 Å². The third-order valence-electron chi connectivity index (χ3n) is 5.30. The molecule has 31 heavy (non-hydrogen) atoms. The van der Waals surface area contributed by atoms with Gasteiger partial charge < -0.3 is 59.1 Å². The zero-order valence-electron chi connectivity index (χ0n) is 17.0. The van der Waals surface area contributed by atoms with E-state index in [2.05, 4.69) is 0 Å². The molecule has 0 amide bonds. The minimum absolute atomic E-state index is 0.233. The molecule has 2 fully saturated rings. The van der Waals surface area contributed by atoms with Gasteiger partial charge in [-0.05, 0) is 12.1 Å². The normalized spacial score (nSPS) is 38.1. The molecule has 0 aliphatic carbocycles. The van der Waals surface area contributed by atoms with Gasteiger partial charge in [0.15, 0.2) is 23.9 Å². The predicted octanol–water partition coefficient (Wildman–Crippen LogP) is -2.65. The van der Waals surface area contributed by atoms with Crippen LogP contribution >= 0.6 is 0 Å². The number of methoxy groups -OCH3 is 2. The molecule has 0 unspecified atom stereocenters. The summed E-state index contributed by atoms with van der Waals surface area (Å²) in [7, 11) is 2.91. The average molecular weight is 448 g/mol. The summed E-state index contributed by atoms with van der Waals surface area (Å²) < 4.78 is 32.5. The maximum atomic E-state index is 10.6. The second-order valence-electron chi connectivity index (χ2n) is 7.33. The van der Waals surface area contributed by atoms with Crippen molar-refractivity contribution in [2.24, 2.45) is 0 Å². The van der Waals surface area contributed by atoms with E-state index in [-0.39, 0.29) is 5.75 Å². The summed E-state index contributed by atoms with van der Waals surface area (Å²) in [5.74, 6) is 1.04. The minimum atomic E-state index is -1.95. The summed E-state index contributed by atoms with van der Waals surface area (Å²) >= 11 is 0. The Hall–Kier alpha value is -1.74. The van der Waals surface area contributed by atoms with Gasteiger partial charge in [-0.1, -0.05) is 0 Å². The molecule has 12 nitrogen and oxygen atoms in total. The van der Waals surface area contributed by atoms with E-state index in [1.807, 2.05) is 0 Å². The largest absolute Gasteiger partial charge is 0.493 e. The van der Waals surface area contributed by atoms with Crippen molar-refractivity contribution in [1.82, 2.24) is 0 Å². The number of hydrogen-bond donors (Lipinski definition) is 6. The van der Waals surface area contributed by atoms with E-state index in [9.17, 15) is 30.6 Å². The van der Waals surface area contributed by atoms with Crippen LogP contribution in [0, 0.1) is 0 Å². The molecule has 0 bridgehead atoms. The number of rotatable bonds is 8. The van der Waals surface area contributed by atoms with Crippen molar-refractivity contribution in [1.29, 1.82) is 0 Å². The zero-order chi connectivity index (χ0) is 22.8. The van der Waals surface area contributed by atoms with Gasteiger partial charge in [-0.15, -0.1) is 0 Å². The first kappa shape index (κ1) is 23.9. The lowest BCUT2D eigenvalue weighted by atomic mass is 9.98. The first-order chi connectivity index (χ1) is 14.8. The molecule has 0 radical (unpaired) electrons. The van der Waals surface area contributed by atoms with Crippen molar-refractivity contribution >= 4 is 0 Å². The topological polar surface area (TPSA) is 177 Å². The fourth-order valence-electron chi connectivity index (χ4n) is 3.38. The van der Waals surface area contributed by atoms with Crippen LogP contribution in [0.2, 0.25) is 0 Å². The number of benzene rings is 1. The Labute approximate surface area is 178 Å². The van der Waals surface area contributed by atoms with E-state index >= 15 is 0 Å². The minimum Gasteiger partial charge on any atom is -0.493 e. The highest BCUT2D eigenvalue weighted by molar-refractivity contribution is 5.45. The van der Waals surface area contributed by atoms with Gasteiger partial charge in [0.25, 0.3) is 0 Å². The highest BCUT2D eigenvalue weighted by Gasteiger charge is 2.53. The molecule has 0 spiro atoms. The number of hydrogen-bond acceptors (Lipinski definition) is 12. The van der Waals surface area contributed by atoms with Crippen LogP contribution in [0.4, 0.5) is 0 Å². The molecular weight excluding hydrogens is 420 g/mol. The van der Waals surface area contributed by atoms with Crippen molar-refractivity contribution < 1.29 is 59.1 Å². The summed E-state index contributed by atoms with van der Waals surface area (Å²) in [5, 5.41) is 59.9. The van der Waals surface area contributed by atoms with Crippen LogP contribution in [-0.4, -0.2) is 113 Å². The molecule has 2 aliphatic heterocycles. The van der Waals surface area contributed by atoms with Crippen molar-refractivity contribution in [3.8, 4) is 17.2 Å². The van der Waals surface area contributed by atoms with Crippen LogP contribution in [-0.2, 0) is 14.2 Å². The Bertz CT molecular complexity index is 732. The second-order valence-corrected chi connectivity index (χ2v) is 7.33. The van der Waals surface area contributed by atoms with Gasteiger partial charge in [-0.25, -0.2) is 0 Å². The van der Waals surface area contributed by atoms with E-state index in [4.69, 9.17) is 28.4 Å². The first-order valence-corrected chi connectivity index (χ1v) is 9.57. The van der Waals surface area contributed by atoms with E-state index < -0.39 is 68.5 Å². The standard InChI is InChI=1S/C19H28O12/c1-26-10-4-3-9(5-11(10)27-2)29-17-15(14(23)13(22)12(6-20)30-17)31-18-16(24)19(25,7-21)8-28-18/h3-5,12-18,20-25H,6-8H2,1-2H3/t12-,13-,14+,15-,16+,17-,18+,19-/m1/s1. The summed E-state index contributed by atoms with van der Waals surface area (Å²) in [6.45, 7) is -1.80. The highest BCUT2D eigenvalue weighted by atomic mass is 16.8. The summed E-state index contributed by atoms with van der Waals surface area (Å²) in [5.41, 5.74) is -1.95. The van der Waals surface area contributed by atoms with Gasteiger partial charge in [0, 0.05) is 6.07 Å². The first-order valence-electron chi connectivity index (χ1n) is 9.57. The fraction of sp³-hybridized carbons (Fsp3) is 0.684. The Morgan fingerprint density at radius 1 is 1.03 bits per heavy atom. The van der Waals surface area contributed by atoms with Gasteiger partial charge >= 0.3 is 0 Å². The molecule has 176 valence electrons. The van der Waals surface area contributed by atoms with Gasteiger partial charge in [-0.3, -0.25) is 0 Å². The van der Waals surface area contributed by atoms with E-state index in [0.29, 0.717) is 11.5 Å². The molecule has 6 N–H and O–H groups in total. The summed E-state index contributed by atoms with van der Waals surface area (Å²) in [6.07, 6.45) is -10.2. The maximum absolute atomic E-state index is 10.6. The summed E-state index contributed by atoms with van der Waals surface area (Å²) in [6, 6.07) is 4.61. The predicted molar refractivity (Wildman–Crippen MR) is 101 cm³/mol. The number of ether oxygens (including phenoxy) is 6. The maximum Gasteiger partial charge on any atom is 0.229 e. The smallest absolute Gasteiger partial charge is 0.229 e. The van der Waals surface area contributed by atoms with Crippen LogP contribution in [0.15, 0.2) is 18.2 Å². The molecule has 3 rings (SSSR count). The van der Waals surface area contributed by atoms with Gasteiger partial charge in [0.2, 0.25) is 6.29 Å². The SMILES string of the molecule is COc1ccc(O[C@@H]2O[C@H](CO)[C@@H](O)[C@H](O)[C@H]2O[C@@H]2OC[C@](O)(CO)[C@H]2O)cc1OC. The highest BCUT2D eigenvalue weighted by Crippen LogP contribution is 2.35. The van der Waals surface area contributed by atoms with Crippen molar-refractivity contribution in [3.05, 3.63) is 18.2 Å². The van der Waals surface area contributed by atoms with Crippen LogP contribution < -0.4 is 14.2 Å². The molecule has 0 aromatic heterocycles. The molecule has 8 atom stereocenters. The monoisotopic (exact) mass is 448 g/mol. The van der Waals surface area contributed by atoms with E-state index in [0.717, 1.165) is 0 Å². The Morgan fingerprint density at radius 3 is 2.32 bits per heavy atom. The molecule has 0 saturated carbocycles. The molecular formula is C19H28O12. The van der Waals surface area contributed by atoms with Crippen LogP contribution in [0.5, 0.6) is 17.2 Å². The zero-order valence-corrected chi connectivity index (χ0v) is 17.0. The second kappa shape index (κ2) is 9.81.